The molecule has 7 nitrogen and oxygen atoms in total. The molecular formula is C20H19N5O2. The van der Waals surface area contributed by atoms with Crippen LogP contribution in [0.25, 0.3) is 22.2 Å². The van der Waals surface area contributed by atoms with Crippen molar-refractivity contribution in [2.24, 2.45) is 0 Å². The summed E-state index contributed by atoms with van der Waals surface area (Å²) in [4.78, 5) is 34.3. The van der Waals surface area contributed by atoms with Crippen LogP contribution in [0.5, 0.6) is 0 Å². The van der Waals surface area contributed by atoms with Crippen molar-refractivity contribution in [2.45, 2.75) is 25.8 Å². The Kier molecular flexibility index (Phi) is 3.50. The van der Waals surface area contributed by atoms with Gasteiger partial charge in [-0.1, -0.05) is 12.1 Å². The molecule has 2 N–H and O–H groups in total. The van der Waals surface area contributed by atoms with Crippen molar-refractivity contribution in [1.29, 1.82) is 0 Å². The van der Waals surface area contributed by atoms with Crippen LogP contribution in [0.2, 0.25) is 0 Å². The first kappa shape index (κ1) is 16.0. The van der Waals surface area contributed by atoms with Crippen LogP contribution in [0.3, 0.4) is 0 Å². The summed E-state index contributed by atoms with van der Waals surface area (Å²) in [5.41, 5.74) is 5.86. The molecular weight excluding hydrogens is 342 g/mol. The van der Waals surface area contributed by atoms with E-state index >= 15 is 0 Å². The number of para-hydroxylation sites is 1. The van der Waals surface area contributed by atoms with Crippen molar-refractivity contribution in [2.75, 3.05) is 13.1 Å². The van der Waals surface area contributed by atoms with Crippen molar-refractivity contribution in [3.05, 3.63) is 47.5 Å². The zero-order valence-corrected chi connectivity index (χ0v) is 15.0. The predicted octanol–water partition coefficient (Wildman–Crippen LogP) is 1.75. The minimum absolute atomic E-state index is 0.0270. The summed E-state index contributed by atoms with van der Waals surface area (Å²) in [5, 5.41) is 5.86. The zero-order valence-electron chi connectivity index (χ0n) is 15.0. The number of hydrogen-bond acceptors (Lipinski definition) is 4. The second kappa shape index (κ2) is 5.90. The maximum absolute atomic E-state index is 12.4. The van der Waals surface area contributed by atoms with Gasteiger partial charge in [0.25, 0.3) is 5.91 Å². The Morgan fingerprint density at radius 3 is 2.96 bits per heavy atom. The lowest BCUT2D eigenvalue weighted by Crippen LogP contribution is -2.40. The first-order chi connectivity index (χ1) is 13.1. The van der Waals surface area contributed by atoms with E-state index in [0.717, 1.165) is 33.5 Å². The van der Waals surface area contributed by atoms with Gasteiger partial charge in [-0.25, -0.2) is 9.97 Å². The van der Waals surface area contributed by atoms with E-state index in [1.807, 2.05) is 42.0 Å². The van der Waals surface area contributed by atoms with Gasteiger partial charge in [-0.05, 0) is 19.1 Å². The SMILES string of the molecule is Cc1nc2cccc3c2nc1CCNC(=O)CC1CNC(=O)c2cc-3cn21. The molecule has 1 atom stereocenters. The quantitative estimate of drug-likeness (QED) is 0.638. The third-order valence-electron chi connectivity index (χ3n) is 5.36. The Balaban J connectivity index is 1.77. The summed E-state index contributed by atoms with van der Waals surface area (Å²) in [6, 6.07) is 7.70. The van der Waals surface area contributed by atoms with Crippen LogP contribution < -0.4 is 10.6 Å². The van der Waals surface area contributed by atoms with Crippen LogP contribution >= 0.6 is 0 Å². The Bertz CT molecular complexity index is 1100. The van der Waals surface area contributed by atoms with Crippen LogP contribution in [0.15, 0.2) is 30.5 Å². The highest BCUT2D eigenvalue weighted by molar-refractivity contribution is 5.98. The summed E-state index contributed by atoms with van der Waals surface area (Å²) in [5.74, 6) is -0.145. The molecule has 0 radical (unpaired) electrons. The van der Waals surface area contributed by atoms with Gasteiger partial charge in [-0.15, -0.1) is 0 Å². The Labute approximate surface area is 155 Å². The first-order valence-electron chi connectivity index (χ1n) is 9.13. The highest BCUT2D eigenvalue weighted by Crippen LogP contribution is 2.32. The van der Waals surface area contributed by atoms with Crippen molar-refractivity contribution < 1.29 is 9.59 Å². The molecule has 4 heterocycles. The van der Waals surface area contributed by atoms with Gasteiger partial charge in [0.15, 0.2) is 0 Å². The number of nitrogens with one attached hydrogen (secondary N) is 2. The maximum atomic E-state index is 12.4. The lowest BCUT2D eigenvalue weighted by atomic mass is 10.1. The third-order valence-corrected chi connectivity index (χ3v) is 5.36. The molecule has 3 aromatic rings. The Morgan fingerprint density at radius 2 is 2.07 bits per heavy atom. The number of carbonyl (C=O) groups is 2. The van der Waals surface area contributed by atoms with E-state index in [1.54, 1.807) is 0 Å². The summed E-state index contributed by atoms with van der Waals surface area (Å²) < 4.78 is 1.92. The molecule has 0 aliphatic carbocycles. The van der Waals surface area contributed by atoms with Gasteiger partial charge in [-0.2, -0.15) is 0 Å². The fourth-order valence-corrected chi connectivity index (χ4v) is 3.96. The number of hydrogen-bond donors (Lipinski definition) is 2. The molecule has 0 fully saturated rings. The second-order valence-electron chi connectivity index (χ2n) is 7.12. The summed E-state index contributed by atoms with van der Waals surface area (Å²) in [7, 11) is 0. The summed E-state index contributed by atoms with van der Waals surface area (Å²) in [6.07, 6.45) is 2.92. The van der Waals surface area contributed by atoms with E-state index in [9.17, 15) is 9.59 Å². The van der Waals surface area contributed by atoms with E-state index in [1.165, 1.54) is 0 Å². The largest absolute Gasteiger partial charge is 0.356 e. The molecule has 1 aromatic carbocycles. The number of aromatic nitrogens is 3. The van der Waals surface area contributed by atoms with Gasteiger partial charge >= 0.3 is 0 Å². The molecule has 0 saturated heterocycles. The number of carbonyl (C=O) groups excluding carboxylic acids is 2. The van der Waals surface area contributed by atoms with Gasteiger partial charge in [0.1, 0.15) is 5.69 Å². The normalized spacial score (nSPS) is 19.1. The second-order valence-corrected chi connectivity index (χ2v) is 7.12. The monoisotopic (exact) mass is 361 g/mol. The molecule has 7 heteroatoms. The predicted molar refractivity (Wildman–Crippen MR) is 100 cm³/mol. The third kappa shape index (κ3) is 2.58. The fourth-order valence-electron chi connectivity index (χ4n) is 3.96. The fraction of sp³-hybridized carbons (Fsp3) is 0.300. The molecule has 2 amide bonds. The van der Waals surface area contributed by atoms with E-state index in [2.05, 4.69) is 10.6 Å². The lowest BCUT2D eigenvalue weighted by molar-refractivity contribution is -0.121. The van der Waals surface area contributed by atoms with Gasteiger partial charge in [0, 0.05) is 43.3 Å². The highest BCUT2D eigenvalue weighted by atomic mass is 16.2. The van der Waals surface area contributed by atoms with Crippen molar-refractivity contribution in [3.63, 3.8) is 0 Å². The number of rotatable bonds is 0. The Morgan fingerprint density at radius 1 is 1.19 bits per heavy atom. The standard InChI is InChI=1S/C20H19N5O2/c1-11-15-5-6-21-18(26)8-13-9-22-20(27)17-7-12(10-25(13)17)14-3-2-4-16(23-11)19(14)24-15/h2-4,7,10,13H,5-6,8-9H2,1H3,(H,21,26)(H,22,27). The van der Waals surface area contributed by atoms with Crippen LogP contribution in [0, 0.1) is 6.92 Å². The van der Waals surface area contributed by atoms with Crippen molar-refractivity contribution in [1.82, 2.24) is 25.2 Å². The highest BCUT2D eigenvalue weighted by Gasteiger charge is 2.28. The van der Waals surface area contributed by atoms with Gasteiger partial charge in [0.2, 0.25) is 5.91 Å². The zero-order chi connectivity index (χ0) is 18.5. The molecule has 2 aromatic heterocycles. The van der Waals surface area contributed by atoms with E-state index in [-0.39, 0.29) is 17.9 Å². The molecule has 136 valence electrons. The minimum Gasteiger partial charge on any atom is -0.356 e. The number of aryl methyl sites for hydroxylation is 1. The summed E-state index contributed by atoms with van der Waals surface area (Å²) >= 11 is 0. The molecule has 5 rings (SSSR count). The van der Waals surface area contributed by atoms with Crippen LogP contribution in [-0.4, -0.2) is 39.4 Å². The van der Waals surface area contributed by atoms with E-state index < -0.39 is 0 Å². The molecule has 27 heavy (non-hydrogen) atoms. The van der Waals surface area contributed by atoms with Gasteiger partial charge in [-0.3, -0.25) is 9.59 Å². The molecule has 2 aliphatic rings. The summed E-state index contributed by atoms with van der Waals surface area (Å²) in [6.45, 7) is 2.91. The minimum atomic E-state index is -0.118. The number of benzene rings is 1. The van der Waals surface area contributed by atoms with Crippen molar-refractivity contribution in [3.8, 4) is 11.1 Å². The van der Waals surface area contributed by atoms with E-state index in [0.29, 0.717) is 31.6 Å². The Hall–Kier alpha value is -3.22. The van der Waals surface area contributed by atoms with E-state index in [4.69, 9.17) is 9.97 Å². The molecule has 2 aliphatic heterocycles. The average Bonchev–Trinajstić information content (AvgIpc) is 3.10. The number of amides is 2. The molecule has 1 unspecified atom stereocenters. The maximum Gasteiger partial charge on any atom is 0.268 e. The van der Waals surface area contributed by atoms with Gasteiger partial charge < -0.3 is 15.2 Å². The van der Waals surface area contributed by atoms with Gasteiger partial charge in [0.05, 0.1) is 28.5 Å². The van der Waals surface area contributed by atoms with Crippen LogP contribution in [0.4, 0.5) is 0 Å². The lowest BCUT2D eigenvalue weighted by Gasteiger charge is -2.26. The number of nitrogens with zero attached hydrogens (tertiary/aromatic N) is 3. The van der Waals surface area contributed by atoms with Crippen LogP contribution in [-0.2, 0) is 11.2 Å². The first-order valence-corrected chi connectivity index (χ1v) is 9.13. The molecule has 4 bridgehead atoms. The van der Waals surface area contributed by atoms with Crippen LogP contribution in [0.1, 0.15) is 34.3 Å². The smallest absolute Gasteiger partial charge is 0.268 e. The van der Waals surface area contributed by atoms with Crippen molar-refractivity contribution >= 4 is 22.8 Å². The average molecular weight is 361 g/mol. The molecule has 0 spiro atoms. The molecule has 0 saturated carbocycles. The number of fused-ring (bicyclic) bond motifs is 3. The topological polar surface area (TPSA) is 88.9 Å².